The Morgan fingerprint density at radius 3 is 2.43 bits per heavy atom. The van der Waals surface area contributed by atoms with Crippen LogP contribution in [0.2, 0.25) is 0 Å². The van der Waals surface area contributed by atoms with Crippen LogP contribution in [-0.4, -0.2) is 15.7 Å². The molecule has 1 nitrogen and oxygen atoms in total. The highest BCUT2D eigenvalue weighted by Crippen LogP contribution is 2.41. The molecule has 0 N–H and O–H groups in total. The van der Waals surface area contributed by atoms with Crippen LogP contribution in [0.5, 0.6) is 0 Å². The second-order valence-electron chi connectivity index (χ2n) is 5.43. The molecule has 0 aromatic heterocycles. The van der Waals surface area contributed by atoms with Crippen LogP contribution in [0.4, 0.5) is 0 Å². The van der Waals surface area contributed by atoms with E-state index >= 15 is 0 Å². The molecule has 2 fully saturated rings. The minimum Gasteiger partial charge on any atom is -0.244 e. The average molecular weight is 307 g/mol. The third kappa shape index (κ3) is 2.26. The van der Waals surface area contributed by atoms with Crippen molar-refractivity contribution in [1.29, 1.82) is 0 Å². The van der Waals surface area contributed by atoms with Gasteiger partial charge in [0.1, 0.15) is 0 Å². The summed E-state index contributed by atoms with van der Waals surface area (Å²) in [4.78, 5) is 0. The van der Waals surface area contributed by atoms with E-state index in [-0.39, 0.29) is 0 Å². The highest BCUT2D eigenvalue weighted by Gasteiger charge is 2.36. The molecule has 2 heteroatoms. The second kappa shape index (κ2) is 4.69. The Morgan fingerprint density at radius 2 is 1.79 bits per heavy atom. The summed E-state index contributed by atoms with van der Waals surface area (Å²) in [5, 5.41) is 0. The fraction of sp³-hybridized carbons (Fsp3) is 1.00. The first-order chi connectivity index (χ1) is 6.68. The van der Waals surface area contributed by atoms with Gasteiger partial charge in [-0.15, -0.1) is 0 Å². The third-order valence-corrected chi connectivity index (χ3v) is 5.26. The second-order valence-corrected chi connectivity index (χ2v) is 6.67. The molecule has 0 amide bonds. The van der Waals surface area contributed by atoms with Gasteiger partial charge in [0.15, 0.2) is 0 Å². The minimum absolute atomic E-state index is 0.828. The van der Waals surface area contributed by atoms with Gasteiger partial charge >= 0.3 is 0 Å². The molecule has 1 unspecified atom stereocenters. The van der Waals surface area contributed by atoms with Crippen LogP contribution in [0.1, 0.15) is 46.0 Å². The molecule has 0 radical (unpaired) electrons. The summed E-state index contributed by atoms with van der Waals surface area (Å²) in [6.07, 6.45) is 7.45. The Hall–Kier alpha value is 0.690. The van der Waals surface area contributed by atoms with E-state index in [4.69, 9.17) is 0 Å². The van der Waals surface area contributed by atoms with E-state index in [1.807, 2.05) is 0 Å². The van der Waals surface area contributed by atoms with E-state index in [1.165, 1.54) is 38.6 Å². The Morgan fingerprint density at radius 1 is 1.14 bits per heavy atom. The van der Waals surface area contributed by atoms with Gasteiger partial charge in [-0.25, -0.2) is 3.11 Å². The summed E-state index contributed by atoms with van der Waals surface area (Å²) in [6, 6.07) is 0.843. The van der Waals surface area contributed by atoms with Crippen molar-refractivity contribution >= 4 is 22.9 Å². The summed E-state index contributed by atoms with van der Waals surface area (Å²) in [7, 11) is 0. The highest BCUT2D eigenvalue weighted by molar-refractivity contribution is 14.1. The number of nitrogens with zero attached hydrogens (tertiary/aromatic N) is 1. The zero-order valence-corrected chi connectivity index (χ0v) is 11.5. The molecule has 1 saturated heterocycles. The van der Waals surface area contributed by atoms with Gasteiger partial charge in [0.05, 0.1) is 0 Å². The van der Waals surface area contributed by atoms with Crippen molar-refractivity contribution in [2.24, 2.45) is 17.8 Å². The minimum atomic E-state index is 0.828. The van der Waals surface area contributed by atoms with Gasteiger partial charge in [-0.05, 0) is 30.6 Å². The van der Waals surface area contributed by atoms with Gasteiger partial charge in [-0.3, -0.25) is 0 Å². The van der Waals surface area contributed by atoms with Crippen molar-refractivity contribution in [3.8, 4) is 0 Å². The van der Waals surface area contributed by atoms with E-state index < -0.39 is 0 Å². The topological polar surface area (TPSA) is 3.24 Å². The first kappa shape index (κ1) is 11.2. The molecule has 2 aliphatic rings. The fourth-order valence-electron chi connectivity index (χ4n) is 3.21. The van der Waals surface area contributed by atoms with E-state index in [1.54, 1.807) is 0 Å². The Bertz CT molecular complexity index is 193. The van der Waals surface area contributed by atoms with Crippen molar-refractivity contribution in [2.45, 2.75) is 52.0 Å². The third-order valence-electron chi connectivity index (χ3n) is 4.15. The maximum Gasteiger partial charge on any atom is 0.0220 e. The van der Waals surface area contributed by atoms with Crippen molar-refractivity contribution in [1.82, 2.24) is 3.11 Å². The maximum absolute atomic E-state index is 2.59. The highest BCUT2D eigenvalue weighted by atomic mass is 127. The smallest absolute Gasteiger partial charge is 0.0220 e. The Labute approximate surface area is 102 Å². The van der Waals surface area contributed by atoms with E-state index in [9.17, 15) is 0 Å². The van der Waals surface area contributed by atoms with Gasteiger partial charge in [0.25, 0.3) is 0 Å². The summed E-state index contributed by atoms with van der Waals surface area (Å²) < 4.78 is 2.59. The summed E-state index contributed by atoms with van der Waals surface area (Å²) >= 11 is 2.56. The summed E-state index contributed by atoms with van der Waals surface area (Å²) in [6.45, 7) is 6.10. The lowest BCUT2D eigenvalue weighted by Crippen LogP contribution is -2.45. The molecule has 14 heavy (non-hydrogen) atoms. The Kier molecular flexibility index (Phi) is 3.74. The van der Waals surface area contributed by atoms with Crippen LogP contribution in [0.15, 0.2) is 0 Å². The zero-order valence-electron chi connectivity index (χ0n) is 9.38. The molecule has 1 heterocycles. The lowest BCUT2D eigenvalue weighted by Gasteiger charge is -2.45. The van der Waals surface area contributed by atoms with Gasteiger partial charge in [0.2, 0.25) is 0 Å². The van der Waals surface area contributed by atoms with Gasteiger partial charge in [-0.1, -0.05) is 33.1 Å². The van der Waals surface area contributed by atoms with Gasteiger partial charge < -0.3 is 0 Å². The molecule has 1 aliphatic heterocycles. The predicted octanol–water partition coefficient (Wildman–Crippen LogP) is 3.87. The normalized spacial score (nSPS) is 39.9. The van der Waals surface area contributed by atoms with Crippen LogP contribution in [0.25, 0.3) is 0 Å². The molecule has 3 atom stereocenters. The van der Waals surface area contributed by atoms with Gasteiger partial charge in [0, 0.05) is 35.5 Å². The molecule has 2 rings (SSSR count). The van der Waals surface area contributed by atoms with Crippen LogP contribution >= 0.6 is 22.9 Å². The van der Waals surface area contributed by atoms with Crippen molar-refractivity contribution in [3.63, 3.8) is 0 Å². The van der Waals surface area contributed by atoms with E-state index in [2.05, 4.69) is 39.8 Å². The molecule has 1 saturated carbocycles. The molecule has 0 aromatic carbocycles. The summed E-state index contributed by atoms with van der Waals surface area (Å²) in [5.74, 6) is 2.91. The number of rotatable bonds is 1. The first-order valence-corrected chi connectivity index (χ1v) is 7.07. The average Bonchev–Trinajstić information content (AvgIpc) is 2.16. The number of hydrogen-bond acceptors (Lipinski definition) is 1. The molecule has 0 aromatic rings. The number of piperidine rings is 1. The van der Waals surface area contributed by atoms with E-state index in [0.29, 0.717) is 0 Å². The predicted molar refractivity (Wildman–Crippen MR) is 69.4 cm³/mol. The lowest BCUT2D eigenvalue weighted by atomic mass is 9.72. The molecule has 1 aliphatic carbocycles. The van der Waals surface area contributed by atoms with Crippen LogP contribution < -0.4 is 0 Å². The van der Waals surface area contributed by atoms with Crippen LogP contribution in [-0.2, 0) is 0 Å². The molecular formula is C12H22IN. The monoisotopic (exact) mass is 307 g/mol. The van der Waals surface area contributed by atoms with Crippen molar-refractivity contribution < 1.29 is 0 Å². The maximum atomic E-state index is 2.59. The van der Waals surface area contributed by atoms with Crippen molar-refractivity contribution in [2.75, 3.05) is 6.54 Å². The van der Waals surface area contributed by atoms with Gasteiger partial charge in [-0.2, -0.15) is 0 Å². The summed E-state index contributed by atoms with van der Waals surface area (Å²) in [5.41, 5.74) is 0. The lowest BCUT2D eigenvalue weighted by molar-refractivity contribution is 0.0906. The molecular weight excluding hydrogens is 285 g/mol. The molecule has 0 spiro atoms. The van der Waals surface area contributed by atoms with Crippen LogP contribution in [0.3, 0.4) is 0 Å². The Balaban J connectivity index is 1.99. The first-order valence-electron chi connectivity index (χ1n) is 6.11. The zero-order chi connectivity index (χ0) is 10.1. The SMILES string of the molecule is CC(C)C1C[C@@H]2CCCC[C@@H]2CN1I. The number of halogens is 1. The number of hydrogen-bond donors (Lipinski definition) is 0. The molecule has 82 valence electrons. The fourth-order valence-corrected chi connectivity index (χ4v) is 4.59. The quantitative estimate of drug-likeness (QED) is 0.525. The number of fused-ring (bicyclic) bond motifs is 1. The molecule has 0 bridgehead atoms. The van der Waals surface area contributed by atoms with Crippen molar-refractivity contribution in [3.05, 3.63) is 0 Å². The standard InChI is InChI=1S/C12H22IN/c1-9(2)12-7-10-5-3-4-6-11(10)8-14(12)13/h9-12H,3-8H2,1-2H3/t10-,11+,12?/m0/s1. The van der Waals surface area contributed by atoms with Crippen LogP contribution in [0, 0.1) is 17.8 Å². The van der Waals surface area contributed by atoms with E-state index in [0.717, 1.165) is 23.8 Å². The largest absolute Gasteiger partial charge is 0.244 e.